The highest BCUT2D eigenvalue weighted by atomic mass is 32.2. The van der Waals surface area contributed by atoms with Crippen LogP contribution in [-0.4, -0.2) is 56.0 Å². The van der Waals surface area contributed by atoms with E-state index in [9.17, 15) is 8.42 Å². The zero-order chi connectivity index (χ0) is 15.3. The van der Waals surface area contributed by atoms with Crippen LogP contribution in [0.2, 0.25) is 0 Å². The molecule has 2 aliphatic carbocycles. The quantitative estimate of drug-likeness (QED) is 0.810. The zero-order valence-corrected chi connectivity index (χ0v) is 14.5. The Hall–Kier alpha value is -0.130. The summed E-state index contributed by atoms with van der Waals surface area (Å²) >= 11 is 0. The predicted octanol–water partition coefficient (Wildman–Crippen LogP) is 1.66. The highest BCUT2D eigenvalue weighted by Crippen LogP contribution is 2.48. The summed E-state index contributed by atoms with van der Waals surface area (Å²) in [6.07, 6.45) is 7.48. The molecule has 3 rings (SSSR count). The van der Waals surface area contributed by atoms with Gasteiger partial charge in [0.15, 0.2) is 0 Å². The molecule has 0 spiro atoms. The first kappa shape index (κ1) is 15.8. The van der Waals surface area contributed by atoms with Crippen molar-refractivity contribution in [3.63, 3.8) is 0 Å². The second-order valence-corrected chi connectivity index (χ2v) is 10.3. The van der Waals surface area contributed by atoms with Crippen LogP contribution in [0.25, 0.3) is 0 Å². The number of hydrogen-bond donors (Lipinski definition) is 1. The predicted molar refractivity (Wildman–Crippen MR) is 86.2 cm³/mol. The summed E-state index contributed by atoms with van der Waals surface area (Å²) in [4.78, 5) is 2.62. The molecule has 4 nitrogen and oxygen atoms in total. The lowest BCUT2D eigenvalue weighted by atomic mass is 9.83. The first-order valence-electron chi connectivity index (χ1n) is 8.41. The Bertz CT molecular complexity index is 498. The maximum Gasteiger partial charge on any atom is 0.147 e. The van der Waals surface area contributed by atoms with E-state index in [4.69, 9.17) is 0 Å². The van der Waals surface area contributed by atoms with Gasteiger partial charge in [-0.3, -0.25) is 4.90 Å². The van der Waals surface area contributed by atoms with Crippen LogP contribution in [0, 0.1) is 11.8 Å². The van der Waals surface area contributed by atoms with E-state index in [-0.39, 0.29) is 11.1 Å². The Morgan fingerprint density at radius 1 is 1.14 bits per heavy atom. The molecule has 122 valence electrons. The average Bonchev–Trinajstić information content (AvgIpc) is 3.25. The summed E-state index contributed by atoms with van der Waals surface area (Å²) < 4.78 is 22.8. The van der Waals surface area contributed by atoms with Gasteiger partial charge in [-0.1, -0.05) is 0 Å². The number of piperazine rings is 1. The molecule has 0 aromatic carbocycles. The van der Waals surface area contributed by atoms with E-state index in [1.807, 2.05) is 0 Å². The number of hydrogen-bond acceptors (Lipinski definition) is 4. The Balaban J connectivity index is 1.67. The van der Waals surface area contributed by atoms with Crippen molar-refractivity contribution in [2.45, 2.75) is 57.0 Å². The number of nitrogens with zero attached hydrogens (tertiary/aromatic N) is 1. The molecule has 0 bridgehead atoms. The smallest absolute Gasteiger partial charge is 0.147 e. The van der Waals surface area contributed by atoms with Crippen LogP contribution in [0.1, 0.15) is 46.0 Å². The molecular formula is C16H30N2O2S. The van der Waals surface area contributed by atoms with E-state index in [1.54, 1.807) is 0 Å². The molecule has 1 aliphatic heterocycles. The molecule has 1 saturated heterocycles. The van der Waals surface area contributed by atoms with E-state index in [1.165, 1.54) is 31.9 Å². The lowest BCUT2D eigenvalue weighted by Gasteiger charge is -2.53. The van der Waals surface area contributed by atoms with Crippen LogP contribution >= 0.6 is 0 Å². The second-order valence-electron chi connectivity index (χ2n) is 8.08. The van der Waals surface area contributed by atoms with Crippen molar-refractivity contribution in [3.8, 4) is 0 Å². The molecule has 2 saturated carbocycles. The normalized spacial score (nSPS) is 38.6. The summed E-state index contributed by atoms with van der Waals surface area (Å²) in [5.74, 6) is 1.93. The van der Waals surface area contributed by atoms with E-state index in [0.717, 1.165) is 37.9 Å². The fourth-order valence-electron chi connectivity index (χ4n) is 4.08. The number of nitrogens with one attached hydrogen (secondary N) is 1. The van der Waals surface area contributed by atoms with Gasteiger partial charge in [-0.2, -0.15) is 0 Å². The third-order valence-corrected chi connectivity index (χ3v) is 7.00. The summed E-state index contributed by atoms with van der Waals surface area (Å²) in [6, 6.07) is 0. The van der Waals surface area contributed by atoms with Gasteiger partial charge in [0, 0.05) is 30.4 Å². The van der Waals surface area contributed by atoms with Crippen LogP contribution in [0.4, 0.5) is 0 Å². The molecule has 0 aromatic rings. The summed E-state index contributed by atoms with van der Waals surface area (Å²) in [5.41, 5.74) is 0.464. The van der Waals surface area contributed by atoms with Crippen molar-refractivity contribution in [1.29, 1.82) is 0 Å². The van der Waals surface area contributed by atoms with Gasteiger partial charge >= 0.3 is 0 Å². The molecule has 1 N–H and O–H groups in total. The Morgan fingerprint density at radius 2 is 1.76 bits per heavy atom. The molecule has 3 aliphatic rings. The summed E-state index contributed by atoms with van der Waals surface area (Å²) in [5, 5.41) is 3.85. The maximum absolute atomic E-state index is 11.4. The van der Waals surface area contributed by atoms with Gasteiger partial charge < -0.3 is 5.32 Å². The maximum atomic E-state index is 11.4. The monoisotopic (exact) mass is 314 g/mol. The van der Waals surface area contributed by atoms with Crippen LogP contribution in [0.15, 0.2) is 0 Å². The fourth-order valence-corrected chi connectivity index (χ4v) is 4.73. The summed E-state index contributed by atoms with van der Waals surface area (Å²) in [7, 11) is -2.84. The van der Waals surface area contributed by atoms with Crippen molar-refractivity contribution in [2.24, 2.45) is 11.8 Å². The Labute approximate surface area is 129 Å². The highest BCUT2D eigenvalue weighted by Gasteiger charge is 2.53. The van der Waals surface area contributed by atoms with Gasteiger partial charge in [-0.15, -0.1) is 0 Å². The molecule has 5 heteroatoms. The zero-order valence-electron chi connectivity index (χ0n) is 13.7. The minimum Gasteiger partial charge on any atom is -0.308 e. The van der Waals surface area contributed by atoms with Gasteiger partial charge in [-0.25, -0.2) is 8.42 Å². The van der Waals surface area contributed by atoms with E-state index in [2.05, 4.69) is 24.1 Å². The molecular weight excluding hydrogens is 284 g/mol. The third kappa shape index (κ3) is 3.45. The van der Waals surface area contributed by atoms with Gasteiger partial charge in [-0.05, 0) is 64.3 Å². The molecule has 0 amide bonds. The van der Waals surface area contributed by atoms with Crippen molar-refractivity contribution in [3.05, 3.63) is 0 Å². The first-order chi connectivity index (χ1) is 9.73. The largest absolute Gasteiger partial charge is 0.308 e. The summed E-state index contributed by atoms with van der Waals surface area (Å²) in [6.45, 7) is 7.80. The first-order valence-corrected chi connectivity index (χ1v) is 10.5. The second kappa shape index (κ2) is 5.20. The Morgan fingerprint density at radius 3 is 2.29 bits per heavy atom. The molecule has 2 atom stereocenters. The Kier molecular flexibility index (Phi) is 3.90. The molecule has 2 unspecified atom stereocenters. The lowest BCUT2D eigenvalue weighted by Crippen LogP contribution is -2.69. The minimum atomic E-state index is -2.84. The average molecular weight is 314 g/mol. The van der Waals surface area contributed by atoms with E-state index >= 15 is 0 Å². The molecule has 1 heterocycles. The van der Waals surface area contributed by atoms with Gasteiger partial charge in [0.25, 0.3) is 0 Å². The van der Waals surface area contributed by atoms with Crippen LogP contribution in [-0.2, 0) is 9.84 Å². The highest BCUT2D eigenvalue weighted by molar-refractivity contribution is 7.90. The third-order valence-electron chi connectivity index (χ3n) is 5.97. The van der Waals surface area contributed by atoms with Crippen molar-refractivity contribution >= 4 is 9.84 Å². The molecule has 0 aromatic heterocycles. The molecule has 0 radical (unpaired) electrons. The SMILES string of the molecule is CC1(C2CC2)CN(CCCS(C)(=O)=O)C(C)(C2CC2)CN1. The fraction of sp³-hybridized carbons (Fsp3) is 1.00. The topological polar surface area (TPSA) is 49.4 Å². The lowest BCUT2D eigenvalue weighted by molar-refractivity contribution is -0.000416. The van der Waals surface area contributed by atoms with Gasteiger partial charge in [0.1, 0.15) is 9.84 Å². The number of rotatable bonds is 6. The standard InChI is InChI=1S/C16H30N2O2S/c1-15(13-5-6-13)12-18(9-4-10-21(3,19)20)16(2,11-17-15)14-7-8-14/h13-14,17H,4-12H2,1-3H3. The van der Waals surface area contributed by atoms with Crippen molar-refractivity contribution in [1.82, 2.24) is 10.2 Å². The van der Waals surface area contributed by atoms with Crippen LogP contribution in [0.5, 0.6) is 0 Å². The van der Waals surface area contributed by atoms with Gasteiger partial charge in [0.2, 0.25) is 0 Å². The van der Waals surface area contributed by atoms with E-state index in [0.29, 0.717) is 5.75 Å². The van der Waals surface area contributed by atoms with Crippen LogP contribution < -0.4 is 5.32 Å². The van der Waals surface area contributed by atoms with Crippen LogP contribution in [0.3, 0.4) is 0 Å². The van der Waals surface area contributed by atoms with Crippen molar-refractivity contribution in [2.75, 3.05) is 31.6 Å². The minimum absolute atomic E-state index is 0.228. The molecule has 21 heavy (non-hydrogen) atoms. The van der Waals surface area contributed by atoms with Crippen molar-refractivity contribution < 1.29 is 8.42 Å². The van der Waals surface area contributed by atoms with E-state index < -0.39 is 9.84 Å². The number of sulfone groups is 1. The van der Waals surface area contributed by atoms with Gasteiger partial charge in [0.05, 0.1) is 5.75 Å². The molecule has 3 fully saturated rings.